The first-order valence-electron chi connectivity index (χ1n) is 5.49. The van der Waals surface area contributed by atoms with E-state index in [0.717, 1.165) is 11.3 Å². The minimum absolute atomic E-state index is 0.0116. The van der Waals surface area contributed by atoms with Gasteiger partial charge in [-0.25, -0.2) is 0 Å². The van der Waals surface area contributed by atoms with Crippen LogP contribution in [-0.2, 0) is 0 Å². The summed E-state index contributed by atoms with van der Waals surface area (Å²) in [6.45, 7) is 2.11. The van der Waals surface area contributed by atoms with Gasteiger partial charge in [-0.3, -0.25) is 0 Å². The average molecular weight is 232 g/mol. The number of aliphatic hydroxyl groups excluding tert-OH is 1. The molecule has 0 radical (unpaired) electrons. The van der Waals surface area contributed by atoms with Crippen LogP contribution >= 0.6 is 0 Å². The molecule has 0 spiro atoms. The first-order chi connectivity index (χ1) is 8.25. The Balaban J connectivity index is 1.95. The molecule has 2 unspecified atom stereocenters. The first kappa shape index (κ1) is 10.3. The molecule has 0 aliphatic carbocycles. The van der Waals surface area contributed by atoms with Gasteiger partial charge in [-0.1, -0.05) is 23.4 Å². The zero-order valence-corrected chi connectivity index (χ0v) is 9.33. The smallest absolute Gasteiger partial charge is 0.255 e. The van der Waals surface area contributed by atoms with Gasteiger partial charge in [0.05, 0.1) is 5.92 Å². The van der Waals surface area contributed by atoms with E-state index in [1.54, 1.807) is 6.92 Å². The van der Waals surface area contributed by atoms with E-state index in [1.807, 2.05) is 24.3 Å². The van der Waals surface area contributed by atoms with Crippen molar-refractivity contribution in [1.82, 2.24) is 10.1 Å². The third kappa shape index (κ3) is 1.68. The van der Waals surface area contributed by atoms with Gasteiger partial charge < -0.3 is 14.4 Å². The molecular weight excluding hydrogens is 220 g/mol. The van der Waals surface area contributed by atoms with Crippen molar-refractivity contribution < 1.29 is 14.4 Å². The van der Waals surface area contributed by atoms with Crippen molar-refractivity contribution in [3.63, 3.8) is 0 Å². The highest BCUT2D eigenvalue weighted by Crippen LogP contribution is 2.36. The largest absolute Gasteiger partial charge is 0.492 e. The highest BCUT2D eigenvalue weighted by atomic mass is 16.5. The van der Waals surface area contributed by atoms with Gasteiger partial charge in [-0.15, -0.1) is 0 Å². The molecule has 3 rings (SSSR count). The summed E-state index contributed by atoms with van der Waals surface area (Å²) in [6.07, 6.45) is -0.742. The lowest BCUT2D eigenvalue weighted by Crippen LogP contribution is -2.05. The summed E-state index contributed by atoms with van der Waals surface area (Å²) in [7, 11) is 0. The molecule has 5 heteroatoms. The van der Waals surface area contributed by atoms with Crippen LogP contribution < -0.4 is 4.74 Å². The van der Waals surface area contributed by atoms with Crippen molar-refractivity contribution in [3.05, 3.63) is 41.5 Å². The van der Waals surface area contributed by atoms with E-state index >= 15 is 0 Å². The van der Waals surface area contributed by atoms with Crippen molar-refractivity contribution in [2.45, 2.75) is 18.9 Å². The molecule has 1 N–H and O–H groups in total. The number of nitrogens with zero attached hydrogens (tertiary/aromatic N) is 2. The number of hydrogen-bond donors (Lipinski definition) is 1. The second-order valence-corrected chi connectivity index (χ2v) is 4.07. The molecule has 2 heterocycles. The minimum Gasteiger partial charge on any atom is -0.492 e. The Morgan fingerprint density at radius 3 is 3.00 bits per heavy atom. The second-order valence-electron chi connectivity index (χ2n) is 4.07. The Bertz CT molecular complexity index is 536. The van der Waals surface area contributed by atoms with E-state index in [2.05, 4.69) is 10.1 Å². The second kappa shape index (κ2) is 3.85. The van der Waals surface area contributed by atoms with Crippen LogP contribution in [0.15, 0.2) is 28.8 Å². The van der Waals surface area contributed by atoms with Gasteiger partial charge in [0.2, 0.25) is 0 Å². The van der Waals surface area contributed by atoms with Gasteiger partial charge in [0.15, 0.2) is 5.82 Å². The van der Waals surface area contributed by atoms with Gasteiger partial charge >= 0.3 is 0 Å². The third-order valence-electron chi connectivity index (χ3n) is 2.83. The number of para-hydroxylation sites is 1. The van der Waals surface area contributed by atoms with Gasteiger partial charge in [0.1, 0.15) is 18.5 Å². The van der Waals surface area contributed by atoms with Crippen LogP contribution in [-0.4, -0.2) is 21.9 Å². The van der Waals surface area contributed by atoms with Crippen molar-refractivity contribution >= 4 is 0 Å². The predicted molar refractivity (Wildman–Crippen MR) is 58.7 cm³/mol. The molecule has 0 fully saturated rings. The normalized spacial score (nSPS) is 19.8. The zero-order chi connectivity index (χ0) is 11.8. The van der Waals surface area contributed by atoms with Gasteiger partial charge in [0, 0.05) is 5.56 Å². The molecule has 1 aromatic heterocycles. The summed E-state index contributed by atoms with van der Waals surface area (Å²) in [6, 6.07) is 7.80. The van der Waals surface area contributed by atoms with Crippen molar-refractivity contribution in [2.24, 2.45) is 0 Å². The molecule has 1 aliphatic heterocycles. The maximum Gasteiger partial charge on any atom is 0.255 e. The van der Waals surface area contributed by atoms with Gasteiger partial charge in [-0.2, -0.15) is 4.98 Å². The average Bonchev–Trinajstić information content (AvgIpc) is 2.95. The third-order valence-corrected chi connectivity index (χ3v) is 2.83. The lowest BCUT2D eigenvalue weighted by Gasteiger charge is -2.01. The summed E-state index contributed by atoms with van der Waals surface area (Å²) in [5.74, 6) is 1.65. The van der Waals surface area contributed by atoms with E-state index in [-0.39, 0.29) is 11.8 Å². The Morgan fingerprint density at radius 2 is 2.24 bits per heavy atom. The molecule has 0 saturated carbocycles. The molecule has 17 heavy (non-hydrogen) atoms. The van der Waals surface area contributed by atoms with Crippen LogP contribution in [0.3, 0.4) is 0 Å². The number of ether oxygens (including phenoxy) is 1. The van der Waals surface area contributed by atoms with Crippen LogP contribution in [0.25, 0.3) is 0 Å². The molecule has 2 atom stereocenters. The summed E-state index contributed by atoms with van der Waals surface area (Å²) in [5, 5.41) is 13.2. The molecule has 1 aromatic carbocycles. The highest BCUT2D eigenvalue weighted by molar-refractivity contribution is 5.42. The summed E-state index contributed by atoms with van der Waals surface area (Å²) >= 11 is 0. The Morgan fingerprint density at radius 1 is 1.41 bits per heavy atom. The molecule has 0 saturated heterocycles. The quantitative estimate of drug-likeness (QED) is 0.852. The number of aliphatic hydroxyl groups is 1. The number of fused-ring (bicyclic) bond motifs is 1. The predicted octanol–water partition coefficient (Wildman–Crippen LogP) is 1.65. The fourth-order valence-corrected chi connectivity index (χ4v) is 1.93. The molecule has 0 bridgehead atoms. The molecule has 0 amide bonds. The summed E-state index contributed by atoms with van der Waals surface area (Å²) < 4.78 is 10.5. The lowest BCUT2D eigenvalue weighted by molar-refractivity contribution is 0.151. The Hall–Kier alpha value is -1.88. The van der Waals surface area contributed by atoms with Gasteiger partial charge in [0.25, 0.3) is 5.89 Å². The fourth-order valence-electron chi connectivity index (χ4n) is 1.93. The topological polar surface area (TPSA) is 68.4 Å². The van der Waals surface area contributed by atoms with Gasteiger partial charge in [-0.05, 0) is 13.0 Å². The fraction of sp³-hybridized carbons (Fsp3) is 0.333. The van der Waals surface area contributed by atoms with Crippen molar-refractivity contribution in [1.29, 1.82) is 0 Å². The SMILES string of the molecule is CC(O)c1nc(C2COc3ccccc32)no1. The van der Waals surface area contributed by atoms with Crippen molar-refractivity contribution in [3.8, 4) is 5.75 Å². The Kier molecular flexibility index (Phi) is 2.33. The minimum atomic E-state index is -0.742. The van der Waals surface area contributed by atoms with Crippen LogP contribution in [0.5, 0.6) is 5.75 Å². The monoisotopic (exact) mass is 232 g/mol. The molecule has 5 nitrogen and oxygen atoms in total. The summed E-state index contributed by atoms with van der Waals surface area (Å²) in [5.41, 5.74) is 1.06. The van der Waals surface area contributed by atoms with E-state index in [1.165, 1.54) is 0 Å². The van der Waals surface area contributed by atoms with E-state index in [9.17, 15) is 5.11 Å². The number of benzene rings is 1. The Labute approximate surface area is 98.0 Å². The van der Waals surface area contributed by atoms with Crippen LogP contribution in [0, 0.1) is 0 Å². The van der Waals surface area contributed by atoms with Crippen LogP contribution in [0.4, 0.5) is 0 Å². The maximum absolute atomic E-state index is 9.35. The van der Waals surface area contributed by atoms with Crippen LogP contribution in [0.1, 0.15) is 36.2 Å². The first-order valence-corrected chi connectivity index (χ1v) is 5.49. The van der Waals surface area contributed by atoms with E-state index in [4.69, 9.17) is 9.26 Å². The molecule has 1 aliphatic rings. The highest BCUT2D eigenvalue weighted by Gasteiger charge is 2.29. The molecule has 88 valence electrons. The van der Waals surface area contributed by atoms with E-state index < -0.39 is 6.10 Å². The standard InChI is InChI=1S/C12H12N2O3/c1-7(15)12-13-11(14-17-12)9-6-16-10-5-3-2-4-8(9)10/h2-5,7,9,15H,6H2,1H3. The number of aromatic nitrogens is 2. The summed E-state index contributed by atoms with van der Waals surface area (Å²) in [4.78, 5) is 4.18. The van der Waals surface area contributed by atoms with E-state index in [0.29, 0.717) is 12.4 Å². The lowest BCUT2D eigenvalue weighted by atomic mass is 10.0. The zero-order valence-electron chi connectivity index (χ0n) is 9.33. The van der Waals surface area contributed by atoms with Crippen LogP contribution in [0.2, 0.25) is 0 Å². The molecular formula is C12H12N2O3. The van der Waals surface area contributed by atoms with Crippen molar-refractivity contribution in [2.75, 3.05) is 6.61 Å². The number of rotatable bonds is 2. The molecule has 2 aromatic rings. The number of hydrogen-bond acceptors (Lipinski definition) is 5. The maximum atomic E-state index is 9.35.